The van der Waals surface area contributed by atoms with Crippen LogP contribution in [0, 0.1) is 0 Å². The van der Waals surface area contributed by atoms with Crippen LogP contribution >= 0.6 is 0 Å². The molecule has 2 aromatic carbocycles. The van der Waals surface area contributed by atoms with Gasteiger partial charge in [-0.3, -0.25) is 9.59 Å². The predicted molar refractivity (Wildman–Crippen MR) is 94.4 cm³/mol. The average molecular weight is 335 g/mol. The molecule has 1 aromatic heterocycles. The summed E-state index contributed by atoms with van der Waals surface area (Å²) in [5.41, 5.74) is 0.560. The molecular formula is C20H17NO4. The Kier molecular flexibility index (Phi) is 4.75. The van der Waals surface area contributed by atoms with Crippen LogP contribution in [0.15, 0.2) is 69.9 Å². The third-order valence-corrected chi connectivity index (χ3v) is 3.91. The Hall–Kier alpha value is -3.21. The zero-order chi connectivity index (χ0) is 17.8. The van der Waals surface area contributed by atoms with Gasteiger partial charge < -0.3 is 9.73 Å². The molecule has 5 nitrogen and oxygen atoms in total. The SMILES string of the molecule is CC(=O)NC(CC(=O)c1cc2ccccc2oc1=O)c1ccccc1. The summed E-state index contributed by atoms with van der Waals surface area (Å²) in [7, 11) is 0. The number of carbonyl (C=O) groups is 2. The van der Waals surface area contributed by atoms with E-state index in [0.717, 1.165) is 5.56 Å². The molecule has 1 atom stereocenters. The van der Waals surface area contributed by atoms with E-state index in [0.29, 0.717) is 11.0 Å². The third kappa shape index (κ3) is 3.83. The van der Waals surface area contributed by atoms with Crippen LogP contribution in [0.3, 0.4) is 0 Å². The number of Topliss-reactive ketones (excluding diaryl/α,β-unsaturated/α-hetero) is 1. The van der Waals surface area contributed by atoms with Crippen molar-refractivity contribution in [3.8, 4) is 0 Å². The average Bonchev–Trinajstić information content (AvgIpc) is 2.61. The Morgan fingerprint density at radius 2 is 1.72 bits per heavy atom. The lowest BCUT2D eigenvalue weighted by Crippen LogP contribution is -2.29. The van der Waals surface area contributed by atoms with Crippen LogP contribution in [0.25, 0.3) is 11.0 Å². The number of para-hydroxylation sites is 1. The van der Waals surface area contributed by atoms with Crippen LogP contribution in [0.5, 0.6) is 0 Å². The first-order valence-corrected chi connectivity index (χ1v) is 7.93. The van der Waals surface area contributed by atoms with Crippen LogP contribution in [0.2, 0.25) is 0 Å². The fourth-order valence-corrected chi connectivity index (χ4v) is 2.73. The molecule has 0 saturated heterocycles. The van der Waals surface area contributed by atoms with E-state index in [4.69, 9.17) is 4.42 Å². The van der Waals surface area contributed by atoms with Crippen molar-refractivity contribution in [3.63, 3.8) is 0 Å². The summed E-state index contributed by atoms with van der Waals surface area (Å²) < 4.78 is 5.22. The van der Waals surface area contributed by atoms with Crippen LogP contribution in [0.4, 0.5) is 0 Å². The summed E-state index contributed by atoms with van der Waals surface area (Å²) in [6, 6.07) is 17.2. The lowest BCUT2D eigenvalue weighted by molar-refractivity contribution is -0.119. The van der Waals surface area contributed by atoms with Crippen LogP contribution < -0.4 is 10.9 Å². The predicted octanol–water partition coefficient (Wildman–Crippen LogP) is 3.24. The van der Waals surface area contributed by atoms with Crippen molar-refractivity contribution in [3.05, 3.63) is 82.2 Å². The van der Waals surface area contributed by atoms with Crippen molar-refractivity contribution in [1.82, 2.24) is 5.32 Å². The van der Waals surface area contributed by atoms with Gasteiger partial charge in [-0.2, -0.15) is 0 Å². The number of ketones is 1. The molecule has 0 aliphatic heterocycles. The molecule has 0 radical (unpaired) electrons. The van der Waals surface area contributed by atoms with Crippen LogP contribution in [0.1, 0.15) is 35.3 Å². The zero-order valence-corrected chi connectivity index (χ0v) is 13.7. The normalized spacial score (nSPS) is 11.9. The minimum Gasteiger partial charge on any atom is -0.422 e. The quantitative estimate of drug-likeness (QED) is 0.573. The number of rotatable bonds is 5. The second-order valence-electron chi connectivity index (χ2n) is 5.78. The Bertz CT molecular complexity index is 976. The Labute approximate surface area is 144 Å². The first-order chi connectivity index (χ1) is 12.0. The highest BCUT2D eigenvalue weighted by atomic mass is 16.4. The van der Waals surface area contributed by atoms with E-state index in [1.807, 2.05) is 30.3 Å². The van der Waals surface area contributed by atoms with E-state index in [1.54, 1.807) is 30.3 Å². The van der Waals surface area contributed by atoms with Gasteiger partial charge in [0.05, 0.1) is 6.04 Å². The minimum atomic E-state index is -0.668. The monoisotopic (exact) mass is 335 g/mol. The largest absolute Gasteiger partial charge is 0.422 e. The molecule has 5 heteroatoms. The first kappa shape index (κ1) is 16.6. The number of hydrogen-bond acceptors (Lipinski definition) is 4. The third-order valence-electron chi connectivity index (χ3n) is 3.91. The molecular weight excluding hydrogens is 318 g/mol. The lowest BCUT2D eigenvalue weighted by Gasteiger charge is -2.17. The van der Waals surface area contributed by atoms with Gasteiger partial charge in [-0.05, 0) is 17.7 Å². The maximum atomic E-state index is 12.7. The fraction of sp³-hybridized carbons (Fsp3) is 0.150. The van der Waals surface area contributed by atoms with Crippen molar-refractivity contribution < 1.29 is 14.0 Å². The highest BCUT2D eigenvalue weighted by molar-refractivity contribution is 5.98. The zero-order valence-electron chi connectivity index (χ0n) is 13.7. The number of hydrogen-bond donors (Lipinski definition) is 1. The van der Waals surface area contributed by atoms with Gasteiger partial charge in [0, 0.05) is 18.7 Å². The molecule has 0 saturated carbocycles. The molecule has 1 N–H and O–H groups in total. The van der Waals surface area contributed by atoms with E-state index in [2.05, 4.69) is 5.32 Å². The Balaban J connectivity index is 1.92. The number of carbonyl (C=O) groups excluding carboxylic acids is 2. The van der Waals surface area contributed by atoms with Gasteiger partial charge in [-0.1, -0.05) is 48.5 Å². The summed E-state index contributed by atoms with van der Waals surface area (Å²) in [6.07, 6.45) is -0.0211. The van der Waals surface area contributed by atoms with Crippen molar-refractivity contribution in [2.45, 2.75) is 19.4 Å². The van der Waals surface area contributed by atoms with Crippen molar-refractivity contribution in [1.29, 1.82) is 0 Å². The second kappa shape index (κ2) is 7.13. The maximum Gasteiger partial charge on any atom is 0.347 e. The summed E-state index contributed by atoms with van der Waals surface area (Å²) in [5, 5.41) is 3.44. The van der Waals surface area contributed by atoms with Crippen molar-refractivity contribution >= 4 is 22.7 Å². The summed E-state index contributed by atoms with van der Waals surface area (Å²) in [6.45, 7) is 1.39. The fourth-order valence-electron chi connectivity index (χ4n) is 2.73. The van der Waals surface area contributed by atoms with Gasteiger partial charge in [0.15, 0.2) is 5.78 Å². The van der Waals surface area contributed by atoms with E-state index >= 15 is 0 Å². The number of fused-ring (bicyclic) bond motifs is 1. The van der Waals surface area contributed by atoms with Crippen molar-refractivity contribution in [2.24, 2.45) is 0 Å². The minimum absolute atomic E-state index is 0.00927. The molecule has 0 spiro atoms. The molecule has 1 amide bonds. The molecule has 3 aromatic rings. The second-order valence-corrected chi connectivity index (χ2v) is 5.78. The summed E-state index contributed by atoms with van der Waals surface area (Å²) in [5.74, 6) is -0.616. The summed E-state index contributed by atoms with van der Waals surface area (Å²) in [4.78, 5) is 36.3. The van der Waals surface area contributed by atoms with E-state index in [9.17, 15) is 14.4 Å². The highest BCUT2D eigenvalue weighted by Crippen LogP contribution is 2.20. The Morgan fingerprint density at radius 1 is 1.04 bits per heavy atom. The van der Waals surface area contributed by atoms with Crippen molar-refractivity contribution in [2.75, 3.05) is 0 Å². The topological polar surface area (TPSA) is 76.4 Å². The van der Waals surface area contributed by atoms with Gasteiger partial charge in [0.25, 0.3) is 0 Å². The van der Waals surface area contributed by atoms with Gasteiger partial charge >= 0.3 is 5.63 Å². The molecule has 1 unspecified atom stereocenters. The smallest absolute Gasteiger partial charge is 0.347 e. The molecule has 126 valence electrons. The van der Waals surface area contributed by atoms with E-state index in [1.165, 1.54) is 6.92 Å². The van der Waals surface area contributed by atoms with Crippen LogP contribution in [-0.2, 0) is 4.79 Å². The van der Waals surface area contributed by atoms with E-state index < -0.39 is 11.7 Å². The Morgan fingerprint density at radius 3 is 2.44 bits per heavy atom. The van der Waals surface area contributed by atoms with Gasteiger partial charge in [-0.15, -0.1) is 0 Å². The lowest BCUT2D eigenvalue weighted by atomic mass is 9.98. The highest BCUT2D eigenvalue weighted by Gasteiger charge is 2.21. The molecule has 25 heavy (non-hydrogen) atoms. The molecule has 3 rings (SSSR count). The van der Waals surface area contributed by atoms with Crippen LogP contribution in [-0.4, -0.2) is 11.7 Å². The van der Waals surface area contributed by atoms with Gasteiger partial charge in [0.1, 0.15) is 11.1 Å². The summed E-state index contributed by atoms with van der Waals surface area (Å²) >= 11 is 0. The molecule has 0 aliphatic carbocycles. The molecule has 0 bridgehead atoms. The first-order valence-electron chi connectivity index (χ1n) is 7.93. The molecule has 1 heterocycles. The van der Waals surface area contributed by atoms with Gasteiger partial charge in [-0.25, -0.2) is 4.79 Å². The standard InChI is InChI=1S/C20H17NO4/c1-13(22)21-17(14-7-3-2-4-8-14)12-18(23)16-11-15-9-5-6-10-19(15)25-20(16)24/h2-11,17H,12H2,1H3,(H,21,22). The number of amides is 1. The molecule has 0 aliphatic rings. The van der Waals surface area contributed by atoms with E-state index in [-0.39, 0.29) is 23.7 Å². The number of nitrogens with one attached hydrogen (secondary N) is 1. The number of benzene rings is 2. The molecule has 0 fully saturated rings. The van der Waals surface area contributed by atoms with Gasteiger partial charge in [0.2, 0.25) is 5.91 Å². The maximum absolute atomic E-state index is 12.7.